The zero-order valence-corrected chi connectivity index (χ0v) is 13.1. The van der Waals surface area contributed by atoms with Crippen LogP contribution in [0.2, 0.25) is 0 Å². The van der Waals surface area contributed by atoms with Gasteiger partial charge in [-0.25, -0.2) is 17.7 Å². The molecule has 0 aliphatic heterocycles. The summed E-state index contributed by atoms with van der Waals surface area (Å²) in [7, 11) is -0.206. The van der Waals surface area contributed by atoms with E-state index in [0.29, 0.717) is 11.7 Å². The first-order valence-electron chi connectivity index (χ1n) is 6.82. The number of rotatable bonds is 6. The molecule has 0 radical (unpaired) electrons. The second-order valence-corrected chi connectivity index (χ2v) is 7.79. The topological polar surface area (TPSA) is 127 Å². The van der Waals surface area contributed by atoms with Gasteiger partial charge in [-0.1, -0.05) is 0 Å². The number of sulfonamides is 1. The number of hydrogen-bond acceptors (Lipinski definition) is 7. The van der Waals surface area contributed by atoms with Crippen molar-refractivity contribution in [1.29, 1.82) is 0 Å². The molecule has 8 nitrogen and oxygen atoms in total. The van der Waals surface area contributed by atoms with E-state index in [4.69, 9.17) is 11.5 Å². The number of aromatic nitrogens is 2. The molecule has 1 aromatic heterocycles. The smallest absolute Gasteiger partial charge is 0.222 e. The minimum atomic E-state index is -3.23. The number of nitrogens with zero attached hydrogens (tertiary/aromatic N) is 3. The number of anilines is 2. The van der Waals surface area contributed by atoms with Crippen LogP contribution in [0.5, 0.6) is 0 Å². The van der Waals surface area contributed by atoms with Crippen molar-refractivity contribution in [2.24, 2.45) is 5.73 Å². The third kappa shape index (κ3) is 4.02. The Morgan fingerprint density at radius 3 is 2.62 bits per heavy atom. The van der Waals surface area contributed by atoms with E-state index in [1.165, 1.54) is 18.4 Å². The van der Waals surface area contributed by atoms with Crippen LogP contribution >= 0.6 is 0 Å². The van der Waals surface area contributed by atoms with Crippen molar-refractivity contribution in [2.45, 2.75) is 24.8 Å². The zero-order chi connectivity index (χ0) is 15.6. The van der Waals surface area contributed by atoms with Gasteiger partial charge in [-0.05, 0) is 12.8 Å². The molecule has 5 N–H and O–H groups in total. The Morgan fingerprint density at radius 1 is 1.38 bits per heavy atom. The molecule has 9 heteroatoms. The standard InChI is InChI=1S/C12H22N6O2S/c1-18(2)21(19,20)4-3-15-11-7-10(16-12(14)17-11)8-5-9(13)6-8/h7-9H,3-6,13H2,1-2H3,(H3,14,15,16,17). The maximum absolute atomic E-state index is 11.7. The molecule has 2 rings (SSSR count). The highest BCUT2D eigenvalue weighted by atomic mass is 32.2. The highest BCUT2D eigenvalue weighted by Crippen LogP contribution is 2.35. The summed E-state index contributed by atoms with van der Waals surface area (Å²) in [4.78, 5) is 8.29. The molecule has 1 fully saturated rings. The summed E-state index contributed by atoms with van der Waals surface area (Å²) < 4.78 is 24.5. The number of nitrogen functional groups attached to an aromatic ring is 1. The molecule has 0 aromatic carbocycles. The Hall–Kier alpha value is -1.45. The average Bonchev–Trinajstić information content (AvgIpc) is 2.34. The van der Waals surface area contributed by atoms with Crippen molar-refractivity contribution in [3.05, 3.63) is 11.8 Å². The van der Waals surface area contributed by atoms with Crippen molar-refractivity contribution in [3.8, 4) is 0 Å². The van der Waals surface area contributed by atoms with Gasteiger partial charge >= 0.3 is 0 Å². The summed E-state index contributed by atoms with van der Waals surface area (Å²) in [5.41, 5.74) is 12.3. The van der Waals surface area contributed by atoms with Crippen molar-refractivity contribution in [3.63, 3.8) is 0 Å². The van der Waals surface area contributed by atoms with Gasteiger partial charge in [0.1, 0.15) is 5.82 Å². The molecular weight excluding hydrogens is 292 g/mol. The first-order valence-corrected chi connectivity index (χ1v) is 8.43. The Kier molecular flexibility index (Phi) is 4.64. The lowest BCUT2D eigenvalue weighted by atomic mass is 9.78. The van der Waals surface area contributed by atoms with E-state index in [0.717, 1.165) is 18.5 Å². The molecule has 0 amide bonds. The molecule has 1 heterocycles. The first kappa shape index (κ1) is 15.9. The minimum Gasteiger partial charge on any atom is -0.369 e. The fourth-order valence-corrected chi connectivity index (χ4v) is 2.90. The van der Waals surface area contributed by atoms with E-state index < -0.39 is 10.0 Å². The van der Waals surface area contributed by atoms with Crippen molar-refractivity contribution >= 4 is 21.8 Å². The van der Waals surface area contributed by atoms with Crippen LogP contribution in [-0.2, 0) is 10.0 Å². The lowest BCUT2D eigenvalue weighted by Crippen LogP contribution is -2.35. The van der Waals surface area contributed by atoms with Crippen LogP contribution in [0.1, 0.15) is 24.5 Å². The molecule has 1 aliphatic rings. The number of nitrogens with one attached hydrogen (secondary N) is 1. The van der Waals surface area contributed by atoms with Crippen LogP contribution in [0.4, 0.5) is 11.8 Å². The van der Waals surface area contributed by atoms with E-state index in [1.54, 1.807) is 0 Å². The van der Waals surface area contributed by atoms with Crippen LogP contribution < -0.4 is 16.8 Å². The highest BCUT2D eigenvalue weighted by molar-refractivity contribution is 7.89. The van der Waals surface area contributed by atoms with Crippen LogP contribution in [-0.4, -0.2) is 55.1 Å². The van der Waals surface area contributed by atoms with Crippen molar-refractivity contribution in [2.75, 3.05) is 37.4 Å². The predicted molar refractivity (Wildman–Crippen MR) is 82.4 cm³/mol. The number of nitrogens with two attached hydrogens (primary N) is 2. The molecule has 1 aliphatic carbocycles. The van der Waals surface area contributed by atoms with Gasteiger partial charge in [-0.3, -0.25) is 0 Å². The number of hydrogen-bond donors (Lipinski definition) is 3. The second-order valence-electron chi connectivity index (χ2n) is 5.49. The second kappa shape index (κ2) is 6.12. The molecule has 0 saturated heterocycles. The average molecular weight is 314 g/mol. The Bertz CT molecular complexity index is 598. The Balaban J connectivity index is 1.97. The molecule has 21 heavy (non-hydrogen) atoms. The monoisotopic (exact) mass is 314 g/mol. The maximum atomic E-state index is 11.7. The van der Waals surface area contributed by atoms with Crippen LogP contribution in [0.25, 0.3) is 0 Å². The summed E-state index contributed by atoms with van der Waals surface area (Å²) in [6.07, 6.45) is 1.79. The van der Waals surface area contributed by atoms with Crippen LogP contribution in [0.15, 0.2) is 6.07 Å². The molecular formula is C12H22N6O2S. The normalized spacial score (nSPS) is 22.1. The van der Waals surface area contributed by atoms with Crippen LogP contribution in [0, 0.1) is 0 Å². The third-order valence-corrected chi connectivity index (χ3v) is 5.41. The fraction of sp³-hybridized carbons (Fsp3) is 0.667. The van der Waals surface area contributed by atoms with E-state index in [-0.39, 0.29) is 24.3 Å². The van der Waals surface area contributed by atoms with Gasteiger partial charge in [0.2, 0.25) is 16.0 Å². The summed E-state index contributed by atoms with van der Waals surface area (Å²) in [6, 6.07) is 2.04. The third-order valence-electron chi connectivity index (χ3n) is 3.58. The van der Waals surface area contributed by atoms with E-state index in [1.807, 2.05) is 6.07 Å². The van der Waals surface area contributed by atoms with Gasteiger partial charge < -0.3 is 16.8 Å². The maximum Gasteiger partial charge on any atom is 0.222 e. The lowest BCUT2D eigenvalue weighted by Gasteiger charge is -2.32. The first-order chi connectivity index (χ1) is 9.78. The molecule has 118 valence electrons. The molecule has 0 bridgehead atoms. The van der Waals surface area contributed by atoms with E-state index in [9.17, 15) is 8.42 Å². The van der Waals surface area contributed by atoms with Gasteiger partial charge in [-0.15, -0.1) is 0 Å². The molecule has 1 saturated carbocycles. The van der Waals surface area contributed by atoms with E-state index in [2.05, 4.69) is 15.3 Å². The predicted octanol–water partition coefficient (Wildman–Crippen LogP) is -0.433. The summed E-state index contributed by atoms with van der Waals surface area (Å²) in [6.45, 7) is 0.264. The highest BCUT2D eigenvalue weighted by Gasteiger charge is 2.29. The fourth-order valence-electron chi connectivity index (χ4n) is 2.18. The molecule has 1 aromatic rings. The minimum absolute atomic E-state index is 0.00641. The SMILES string of the molecule is CN(C)S(=O)(=O)CCNc1cc(C2CC(N)C2)nc(N)n1. The molecule has 0 spiro atoms. The zero-order valence-electron chi connectivity index (χ0n) is 12.3. The molecule has 0 atom stereocenters. The van der Waals surface area contributed by atoms with Gasteiger partial charge in [-0.2, -0.15) is 4.98 Å². The van der Waals surface area contributed by atoms with Gasteiger partial charge in [0.15, 0.2) is 0 Å². The Morgan fingerprint density at radius 2 is 2.05 bits per heavy atom. The molecule has 0 unspecified atom stereocenters. The van der Waals surface area contributed by atoms with Crippen LogP contribution in [0.3, 0.4) is 0 Å². The van der Waals surface area contributed by atoms with Crippen molar-refractivity contribution in [1.82, 2.24) is 14.3 Å². The summed E-state index contributed by atoms with van der Waals surface area (Å²) in [5.74, 6) is 1.04. The Labute approximate surface area is 125 Å². The van der Waals surface area contributed by atoms with Gasteiger partial charge in [0.05, 0.1) is 11.4 Å². The van der Waals surface area contributed by atoms with Gasteiger partial charge in [0, 0.05) is 38.7 Å². The summed E-state index contributed by atoms with van der Waals surface area (Å²) in [5, 5.41) is 2.98. The van der Waals surface area contributed by atoms with Crippen molar-refractivity contribution < 1.29 is 8.42 Å². The summed E-state index contributed by atoms with van der Waals surface area (Å²) >= 11 is 0. The quantitative estimate of drug-likeness (QED) is 0.650. The van der Waals surface area contributed by atoms with E-state index >= 15 is 0 Å². The lowest BCUT2D eigenvalue weighted by molar-refractivity contribution is 0.345. The van der Waals surface area contributed by atoms with Gasteiger partial charge in [0.25, 0.3) is 0 Å². The largest absolute Gasteiger partial charge is 0.369 e.